The lowest BCUT2D eigenvalue weighted by molar-refractivity contribution is 0.0953. The van der Waals surface area contributed by atoms with Gasteiger partial charge in [0.05, 0.1) is 6.26 Å². The normalized spacial score (nSPS) is 10.8. The van der Waals surface area contributed by atoms with E-state index in [0.29, 0.717) is 35.1 Å². The van der Waals surface area contributed by atoms with Crippen LogP contribution < -0.4 is 10.6 Å². The molecule has 2 N–H and O–H groups in total. The molecule has 0 unspecified atom stereocenters. The highest BCUT2D eigenvalue weighted by Crippen LogP contribution is 2.16. The minimum atomic E-state index is -0.303. The van der Waals surface area contributed by atoms with Gasteiger partial charge >= 0.3 is 0 Å². The lowest BCUT2D eigenvalue weighted by Crippen LogP contribution is -2.25. The number of nitrogens with zero attached hydrogens (tertiary/aromatic N) is 2. The van der Waals surface area contributed by atoms with E-state index in [1.54, 1.807) is 30.5 Å². The van der Waals surface area contributed by atoms with Crippen LogP contribution in [0.1, 0.15) is 44.8 Å². The van der Waals surface area contributed by atoms with Gasteiger partial charge in [0, 0.05) is 30.6 Å². The molecule has 0 atom stereocenters. The fourth-order valence-corrected chi connectivity index (χ4v) is 3.47. The van der Waals surface area contributed by atoms with Gasteiger partial charge in [-0.3, -0.25) is 9.59 Å². The minimum Gasteiger partial charge on any atom is -0.469 e. The summed E-state index contributed by atoms with van der Waals surface area (Å²) in [6.45, 7) is 4.67. The second-order valence-corrected chi connectivity index (χ2v) is 7.78. The number of hydrogen-bond acceptors (Lipinski definition) is 6. The zero-order chi connectivity index (χ0) is 19.9. The van der Waals surface area contributed by atoms with E-state index in [0.717, 1.165) is 17.2 Å². The summed E-state index contributed by atoms with van der Waals surface area (Å²) in [6.07, 6.45) is 3.04. The van der Waals surface area contributed by atoms with Crippen molar-refractivity contribution in [3.8, 4) is 0 Å². The van der Waals surface area contributed by atoms with E-state index < -0.39 is 0 Å². The van der Waals surface area contributed by atoms with Gasteiger partial charge in [-0.05, 0) is 42.3 Å². The molecule has 146 valence electrons. The van der Waals surface area contributed by atoms with Crippen LogP contribution >= 0.6 is 11.3 Å². The van der Waals surface area contributed by atoms with Gasteiger partial charge in [0.1, 0.15) is 10.8 Å². The predicted molar refractivity (Wildman–Crippen MR) is 108 cm³/mol. The molecule has 0 fully saturated rings. The number of anilines is 1. The first kappa shape index (κ1) is 19.8. The van der Waals surface area contributed by atoms with Gasteiger partial charge in [-0.2, -0.15) is 0 Å². The molecule has 1 aromatic carbocycles. The molecule has 0 aliphatic heterocycles. The Bertz CT molecular complexity index is 917. The SMILES string of the molecule is CC(C)Cc1nnc(C(=O)Nc2ccc(C(=O)NCCc3ccco3)cc2)s1. The van der Waals surface area contributed by atoms with Crippen molar-refractivity contribution >= 4 is 28.8 Å². The van der Waals surface area contributed by atoms with Crippen LogP contribution in [0, 0.1) is 5.92 Å². The van der Waals surface area contributed by atoms with Gasteiger partial charge in [0.25, 0.3) is 11.8 Å². The first-order valence-electron chi connectivity index (χ1n) is 9.05. The summed E-state index contributed by atoms with van der Waals surface area (Å²) in [4.78, 5) is 24.5. The summed E-state index contributed by atoms with van der Waals surface area (Å²) >= 11 is 1.30. The van der Waals surface area contributed by atoms with Crippen molar-refractivity contribution in [2.75, 3.05) is 11.9 Å². The van der Waals surface area contributed by atoms with Crippen LogP contribution in [0.2, 0.25) is 0 Å². The van der Waals surface area contributed by atoms with Crippen molar-refractivity contribution in [3.05, 3.63) is 64.0 Å². The van der Waals surface area contributed by atoms with E-state index in [9.17, 15) is 9.59 Å². The summed E-state index contributed by atoms with van der Waals surface area (Å²) < 4.78 is 5.23. The van der Waals surface area contributed by atoms with Crippen molar-refractivity contribution in [2.45, 2.75) is 26.7 Å². The van der Waals surface area contributed by atoms with E-state index in [4.69, 9.17) is 4.42 Å². The van der Waals surface area contributed by atoms with Crippen LogP contribution in [0.25, 0.3) is 0 Å². The maximum absolute atomic E-state index is 12.3. The molecule has 2 aromatic heterocycles. The molecule has 0 saturated heterocycles. The largest absolute Gasteiger partial charge is 0.469 e. The minimum absolute atomic E-state index is 0.174. The van der Waals surface area contributed by atoms with E-state index in [1.807, 2.05) is 12.1 Å². The predicted octanol–water partition coefficient (Wildman–Crippen LogP) is 3.55. The molecule has 0 bridgehead atoms. The highest BCUT2D eigenvalue weighted by molar-refractivity contribution is 7.13. The Morgan fingerprint density at radius 1 is 1.11 bits per heavy atom. The Balaban J connectivity index is 1.51. The van der Waals surface area contributed by atoms with Crippen molar-refractivity contribution in [1.82, 2.24) is 15.5 Å². The topological polar surface area (TPSA) is 97.1 Å². The Morgan fingerprint density at radius 2 is 1.89 bits per heavy atom. The number of nitrogens with one attached hydrogen (secondary N) is 2. The Kier molecular flexibility index (Phi) is 6.54. The third-order valence-electron chi connectivity index (χ3n) is 3.89. The van der Waals surface area contributed by atoms with Crippen LogP contribution in [0.5, 0.6) is 0 Å². The highest BCUT2D eigenvalue weighted by Gasteiger charge is 2.14. The Hall–Kier alpha value is -3.00. The molecule has 3 aromatic rings. The molecule has 2 amide bonds. The van der Waals surface area contributed by atoms with Gasteiger partial charge in [-0.15, -0.1) is 10.2 Å². The van der Waals surface area contributed by atoms with Gasteiger partial charge in [0.2, 0.25) is 5.01 Å². The van der Waals surface area contributed by atoms with E-state index in [-0.39, 0.29) is 11.8 Å². The molecular weight excluding hydrogens is 376 g/mol. The fourth-order valence-electron chi connectivity index (χ4n) is 2.52. The molecule has 7 nitrogen and oxygen atoms in total. The highest BCUT2D eigenvalue weighted by atomic mass is 32.1. The average molecular weight is 398 g/mol. The molecular formula is C20H22N4O3S. The number of benzene rings is 1. The zero-order valence-electron chi connectivity index (χ0n) is 15.8. The third-order valence-corrected chi connectivity index (χ3v) is 4.83. The van der Waals surface area contributed by atoms with Crippen LogP contribution in [-0.2, 0) is 12.8 Å². The van der Waals surface area contributed by atoms with Crippen molar-refractivity contribution < 1.29 is 14.0 Å². The molecule has 0 radical (unpaired) electrons. The van der Waals surface area contributed by atoms with Crippen molar-refractivity contribution in [2.24, 2.45) is 5.92 Å². The lowest BCUT2D eigenvalue weighted by Gasteiger charge is -2.06. The van der Waals surface area contributed by atoms with Crippen molar-refractivity contribution in [1.29, 1.82) is 0 Å². The van der Waals surface area contributed by atoms with Gasteiger partial charge in [-0.1, -0.05) is 25.2 Å². The van der Waals surface area contributed by atoms with Gasteiger partial charge in [-0.25, -0.2) is 0 Å². The monoisotopic (exact) mass is 398 g/mol. The average Bonchev–Trinajstić information content (AvgIpc) is 3.34. The maximum Gasteiger partial charge on any atom is 0.286 e. The zero-order valence-corrected chi connectivity index (χ0v) is 16.6. The van der Waals surface area contributed by atoms with Crippen LogP contribution in [0.3, 0.4) is 0 Å². The summed E-state index contributed by atoms with van der Waals surface area (Å²) in [6, 6.07) is 10.4. The molecule has 0 aliphatic carbocycles. The van der Waals surface area contributed by atoms with E-state index in [1.165, 1.54) is 11.3 Å². The smallest absolute Gasteiger partial charge is 0.286 e. The van der Waals surface area contributed by atoms with Crippen LogP contribution in [0.4, 0.5) is 5.69 Å². The van der Waals surface area contributed by atoms with Gasteiger partial charge in [0.15, 0.2) is 0 Å². The molecule has 8 heteroatoms. The summed E-state index contributed by atoms with van der Waals surface area (Å²) in [5.74, 6) is 0.809. The summed E-state index contributed by atoms with van der Waals surface area (Å²) in [5, 5.41) is 14.8. The first-order valence-corrected chi connectivity index (χ1v) is 9.87. The molecule has 3 rings (SSSR count). The number of amides is 2. The summed E-state index contributed by atoms with van der Waals surface area (Å²) in [7, 11) is 0. The van der Waals surface area contributed by atoms with E-state index >= 15 is 0 Å². The molecule has 28 heavy (non-hydrogen) atoms. The third kappa shape index (κ3) is 5.50. The van der Waals surface area contributed by atoms with E-state index in [2.05, 4.69) is 34.7 Å². The number of carbonyl (C=O) groups excluding carboxylic acids is 2. The molecule has 0 spiro atoms. The standard InChI is InChI=1S/C20H22N4O3S/c1-13(2)12-17-23-24-20(28-17)19(26)22-15-7-5-14(6-8-15)18(25)21-10-9-16-4-3-11-27-16/h3-8,11,13H,9-10,12H2,1-2H3,(H,21,25)(H,22,26). The number of aromatic nitrogens is 2. The second-order valence-electron chi connectivity index (χ2n) is 6.72. The fraction of sp³-hybridized carbons (Fsp3) is 0.300. The molecule has 0 saturated carbocycles. The lowest BCUT2D eigenvalue weighted by atomic mass is 10.1. The summed E-state index contributed by atoms with van der Waals surface area (Å²) in [5.41, 5.74) is 1.12. The number of carbonyl (C=O) groups is 2. The molecule has 0 aliphatic rings. The van der Waals surface area contributed by atoms with Crippen molar-refractivity contribution in [3.63, 3.8) is 0 Å². The Morgan fingerprint density at radius 3 is 2.57 bits per heavy atom. The first-order chi connectivity index (χ1) is 13.5. The Labute approximate surface area is 167 Å². The van der Waals surface area contributed by atoms with Crippen LogP contribution in [-0.4, -0.2) is 28.6 Å². The number of furan rings is 1. The molecule has 2 heterocycles. The number of rotatable bonds is 8. The quantitative estimate of drug-likeness (QED) is 0.605. The second kappa shape index (κ2) is 9.27. The van der Waals surface area contributed by atoms with Crippen LogP contribution in [0.15, 0.2) is 47.1 Å². The van der Waals surface area contributed by atoms with Gasteiger partial charge < -0.3 is 15.1 Å². The number of hydrogen-bond donors (Lipinski definition) is 2. The maximum atomic E-state index is 12.3.